The van der Waals surface area contributed by atoms with Gasteiger partial charge in [0.25, 0.3) is 0 Å². The van der Waals surface area contributed by atoms with Crippen LogP contribution in [0.2, 0.25) is 5.02 Å². The third-order valence-electron chi connectivity index (χ3n) is 2.89. The Kier molecular flexibility index (Phi) is 4.43. The summed E-state index contributed by atoms with van der Waals surface area (Å²) in [5.74, 6) is -1.55. The van der Waals surface area contributed by atoms with Crippen molar-refractivity contribution in [1.29, 1.82) is 0 Å². The van der Waals surface area contributed by atoms with E-state index in [9.17, 15) is 14.3 Å². The van der Waals surface area contributed by atoms with Gasteiger partial charge in [-0.15, -0.1) is 0 Å². The second kappa shape index (κ2) is 6.10. The average molecular weight is 310 g/mol. The van der Waals surface area contributed by atoms with Gasteiger partial charge in [-0.25, -0.2) is 14.2 Å². The van der Waals surface area contributed by atoms with Crippen LogP contribution in [0.5, 0.6) is 0 Å². The molecule has 110 valence electrons. The van der Waals surface area contributed by atoms with Gasteiger partial charge in [0.05, 0.1) is 17.3 Å². The van der Waals surface area contributed by atoms with Crippen LogP contribution in [-0.2, 0) is 9.53 Å². The highest BCUT2D eigenvalue weighted by molar-refractivity contribution is 6.32. The first-order chi connectivity index (χ1) is 9.95. The fourth-order valence-corrected chi connectivity index (χ4v) is 2.14. The fraction of sp³-hybridized carbons (Fsp3) is 0.200. The van der Waals surface area contributed by atoms with Crippen molar-refractivity contribution in [2.24, 2.45) is 4.99 Å². The van der Waals surface area contributed by atoms with E-state index < -0.39 is 11.8 Å². The molecule has 1 aliphatic rings. The summed E-state index contributed by atoms with van der Waals surface area (Å²) < 4.78 is 18.6. The van der Waals surface area contributed by atoms with Gasteiger partial charge in [0, 0.05) is 5.56 Å². The van der Waals surface area contributed by atoms with Gasteiger partial charge < -0.3 is 9.84 Å². The maximum atomic E-state index is 13.7. The Morgan fingerprint density at radius 2 is 2.24 bits per heavy atom. The fourth-order valence-electron chi connectivity index (χ4n) is 1.92. The molecule has 1 N–H and O–H groups in total. The second-order valence-corrected chi connectivity index (χ2v) is 4.71. The van der Waals surface area contributed by atoms with Crippen molar-refractivity contribution in [2.45, 2.75) is 13.8 Å². The van der Waals surface area contributed by atoms with Crippen LogP contribution in [-0.4, -0.2) is 23.4 Å². The standard InChI is InChI=1S/C15H13ClFNO3/c1-3-21-15(20)13-8(2)18-12(14(13)19)7-9-10(16)5-4-6-11(9)17/h4-7,19H,3H2,1-2H3. The smallest absolute Gasteiger partial charge is 0.343 e. The lowest BCUT2D eigenvalue weighted by molar-refractivity contribution is -0.138. The number of rotatable bonds is 3. The Balaban J connectivity index is 2.47. The molecule has 0 radical (unpaired) electrons. The van der Waals surface area contributed by atoms with Crippen LogP contribution in [0.15, 0.2) is 40.2 Å². The minimum atomic E-state index is -0.667. The summed E-state index contributed by atoms with van der Waals surface area (Å²) >= 11 is 5.92. The molecule has 21 heavy (non-hydrogen) atoms. The predicted octanol–water partition coefficient (Wildman–Crippen LogP) is 3.67. The molecule has 1 aromatic rings. The molecule has 4 nitrogen and oxygen atoms in total. The van der Waals surface area contributed by atoms with E-state index >= 15 is 0 Å². The molecule has 0 spiro atoms. The molecule has 0 aliphatic carbocycles. The average Bonchev–Trinajstić information content (AvgIpc) is 2.69. The number of esters is 1. The van der Waals surface area contributed by atoms with Crippen molar-refractivity contribution in [1.82, 2.24) is 0 Å². The number of hydrogen-bond donors (Lipinski definition) is 1. The summed E-state index contributed by atoms with van der Waals surface area (Å²) in [6, 6.07) is 4.25. The van der Waals surface area contributed by atoms with E-state index in [0.29, 0.717) is 5.71 Å². The highest BCUT2D eigenvalue weighted by Crippen LogP contribution is 2.29. The number of hydrogen-bond acceptors (Lipinski definition) is 4. The van der Waals surface area contributed by atoms with Crippen molar-refractivity contribution in [3.05, 3.63) is 51.6 Å². The molecule has 0 atom stereocenters. The molecule has 0 aromatic heterocycles. The summed E-state index contributed by atoms with van der Waals surface area (Å²) in [6.07, 6.45) is 1.29. The number of benzene rings is 1. The molecule has 0 bridgehead atoms. The first-order valence-corrected chi connectivity index (χ1v) is 6.65. The number of carbonyl (C=O) groups excluding carboxylic acids is 1. The van der Waals surface area contributed by atoms with E-state index in [0.717, 1.165) is 0 Å². The summed E-state index contributed by atoms with van der Waals surface area (Å²) in [5, 5.41) is 10.3. The Hall–Kier alpha value is -2.14. The first kappa shape index (κ1) is 15.3. The second-order valence-electron chi connectivity index (χ2n) is 4.31. The summed E-state index contributed by atoms with van der Waals surface area (Å²) in [6.45, 7) is 3.40. The van der Waals surface area contributed by atoms with Gasteiger partial charge in [-0.2, -0.15) is 0 Å². The lowest BCUT2D eigenvalue weighted by atomic mass is 10.1. The molecule has 6 heteroatoms. The lowest BCUT2D eigenvalue weighted by Crippen LogP contribution is -2.13. The Morgan fingerprint density at radius 3 is 2.86 bits per heavy atom. The summed E-state index contributed by atoms with van der Waals surface area (Å²) in [5.41, 5.74) is 0.463. The third kappa shape index (κ3) is 2.97. The summed E-state index contributed by atoms with van der Waals surface area (Å²) in [4.78, 5) is 15.8. The molecule has 1 aliphatic heterocycles. The minimum absolute atomic E-state index is 0.0180. The number of aliphatic hydroxyl groups excluding tert-OH is 1. The highest BCUT2D eigenvalue weighted by atomic mass is 35.5. The van der Waals surface area contributed by atoms with Crippen LogP contribution in [0.4, 0.5) is 4.39 Å². The predicted molar refractivity (Wildman–Crippen MR) is 78.8 cm³/mol. The van der Waals surface area contributed by atoms with Crippen LogP contribution in [0.1, 0.15) is 19.4 Å². The third-order valence-corrected chi connectivity index (χ3v) is 3.22. The molecule has 1 aromatic carbocycles. The maximum absolute atomic E-state index is 13.7. The van der Waals surface area contributed by atoms with Crippen molar-refractivity contribution in [3.63, 3.8) is 0 Å². The topological polar surface area (TPSA) is 58.9 Å². The van der Waals surface area contributed by atoms with E-state index in [1.54, 1.807) is 13.8 Å². The van der Waals surface area contributed by atoms with E-state index in [2.05, 4.69) is 4.99 Å². The molecule has 0 fully saturated rings. The number of carbonyl (C=O) groups is 1. The number of nitrogens with zero attached hydrogens (tertiary/aromatic N) is 1. The molecular formula is C15H13ClFNO3. The van der Waals surface area contributed by atoms with Crippen LogP contribution >= 0.6 is 11.6 Å². The molecule has 1 heterocycles. The van der Waals surface area contributed by atoms with Crippen LogP contribution < -0.4 is 0 Å². The zero-order valence-electron chi connectivity index (χ0n) is 11.5. The SMILES string of the molecule is CCOC(=O)C1=C(O)C(=Cc2c(F)cccc2Cl)N=C1C. The van der Waals surface area contributed by atoms with E-state index in [4.69, 9.17) is 16.3 Å². The van der Waals surface area contributed by atoms with Crippen LogP contribution in [0, 0.1) is 5.82 Å². The zero-order valence-corrected chi connectivity index (χ0v) is 12.2. The van der Waals surface area contributed by atoms with Gasteiger partial charge in [-0.05, 0) is 32.1 Å². The minimum Gasteiger partial charge on any atom is -0.505 e. The zero-order chi connectivity index (χ0) is 15.6. The lowest BCUT2D eigenvalue weighted by Gasteiger charge is -2.03. The van der Waals surface area contributed by atoms with Crippen molar-refractivity contribution in [3.8, 4) is 0 Å². The summed E-state index contributed by atoms with van der Waals surface area (Å²) in [7, 11) is 0. The highest BCUT2D eigenvalue weighted by Gasteiger charge is 2.27. The molecule has 2 rings (SSSR count). The molecule has 0 amide bonds. The van der Waals surface area contributed by atoms with Crippen LogP contribution in [0.25, 0.3) is 6.08 Å². The van der Waals surface area contributed by atoms with E-state index in [1.165, 1.54) is 24.3 Å². The molecule has 0 saturated carbocycles. The van der Waals surface area contributed by atoms with Crippen molar-refractivity contribution in [2.75, 3.05) is 6.61 Å². The van der Waals surface area contributed by atoms with Crippen molar-refractivity contribution < 1.29 is 19.0 Å². The maximum Gasteiger partial charge on any atom is 0.343 e. The van der Waals surface area contributed by atoms with E-state index in [-0.39, 0.29) is 34.2 Å². The van der Waals surface area contributed by atoms with E-state index in [1.807, 2.05) is 0 Å². The van der Waals surface area contributed by atoms with Gasteiger partial charge in [-0.1, -0.05) is 17.7 Å². The largest absolute Gasteiger partial charge is 0.505 e. The van der Waals surface area contributed by atoms with Gasteiger partial charge in [0.2, 0.25) is 0 Å². The van der Waals surface area contributed by atoms with Crippen molar-refractivity contribution >= 4 is 29.4 Å². The molecular weight excluding hydrogens is 297 g/mol. The first-order valence-electron chi connectivity index (χ1n) is 6.27. The van der Waals surface area contributed by atoms with Gasteiger partial charge in [0.15, 0.2) is 5.76 Å². The van der Waals surface area contributed by atoms with Crippen LogP contribution in [0.3, 0.4) is 0 Å². The Labute approximate surface area is 126 Å². The molecule has 0 saturated heterocycles. The van der Waals surface area contributed by atoms with Gasteiger partial charge in [-0.3, -0.25) is 0 Å². The number of ether oxygens (including phenoxy) is 1. The Morgan fingerprint density at radius 1 is 1.52 bits per heavy atom. The number of aliphatic hydroxyl groups is 1. The normalized spacial score (nSPS) is 16.4. The number of halogens is 2. The quantitative estimate of drug-likeness (QED) is 0.867. The Bertz CT molecular complexity index is 672. The van der Waals surface area contributed by atoms with Gasteiger partial charge in [0.1, 0.15) is 17.1 Å². The number of aliphatic imine (C=N–C) groups is 1. The molecule has 0 unspecified atom stereocenters. The monoisotopic (exact) mass is 309 g/mol. The van der Waals surface area contributed by atoms with Gasteiger partial charge >= 0.3 is 5.97 Å².